The molecule has 0 fully saturated rings. The molecule has 0 amide bonds. The van der Waals surface area contributed by atoms with Crippen molar-refractivity contribution in [2.75, 3.05) is 13.7 Å². The van der Waals surface area contributed by atoms with Crippen LogP contribution in [0.1, 0.15) is 18.9 Å². The van der Waals surface area contributed by atoms with Crippen molar-refractivity contribution >= 4 is 17.6 Å². The van der Waals surface area contributed by atoms with Crippen molar-refractivity contribution < 1.29 is 14.3 Å². The summed E-state index contributed by atoms with van der Waals surface area (Å²) >= 11 is 6.08. The molecule has 1 unspecified atom stereocenters. The minimum atomic E-state index is -0.309. The van der Waals surface area contributed by atoms with Crippen LogP contribution in [0.3, 0.4) is 0 Å². The molecular weight excluding hydrogens is 254 g/mol. The molecule has 0 saturated carbocycles. The molecule has 4 nitrogen and oxygen atoms in total. The van der Waals surface area contributed by atoms with Gasteiger partial charge >= 0.3 is 5.97 Å². The van der Waals surface area contributed by atoms with Gasteiger partial charge in [-0.2, -0.15) is 0 Å². The number of para-hydroxylation sites is 1. The lowest BCUT2D eigenvalue weighted by molar-refractivity contribution is -0.141. The van der Waals surface area contributed by atoms with Crippen LogP contribution in [-0.4, -0.2) is 25.7 Å². The van der Waals surface area contributed by atoms with Crippen molar-refractivity contribution in [3.63, 3.8) is 0 Å². The van der Waals surface area contributed by atoms with Crippen molar-refractivity contribution in [3.8, 4) is 5.75 Å². The first-order chi connectivity index (χ1) is 8.54. The lowest BCUT2D eigenvalue weighted by Crippen LogP contribution is -2.18. The van der Waals surface area contributed by atoms with E-state index in [2.05, 4.69) is 4.74 Å². The summed E-state index contributed by atoms with van der Waals surface area (Å²) in [7, 11) is 1.35. The van der Waals surface area contributed by atoms with E-state index in [1.807, 2.05) is 19.1 Å². The molecule has 1 atom stereocenters. The third-order valence-corrected chi connectivity index (χ3v) is 2.67. The number of nitrogens with two attached hydrogens (primary N) is 1. The maximum absolute atomic E-state index is 11.0. The number of esters is 1. The Kier molecular flexibility index (Phi) is 5.95. The number of rotatable bonds is 6. The van der Waals surface area contributed by atoms with E-state index in [0.717, 1.165) is 5.56 Å². The zero-order valence-electron chi connectivity index (χ0n) is 10.6. The van der Waals surface area contributed by atoms with Gasteiger partial charge in [-0.15, -0.1) is 0 Å². The van der Waals surface area contributed by atoms with Gasteiger partial charge in [0.1, 0.15) is 5.75 Å². The second kappa shape index (κ2) is 7.24. The van der Waals surface area contributed by atoms with Crippen LogP contribution in [-0.2, 0) is 16.0 Å². The summed E-state index contributed by atoms with van der Waals surface area (Å²) in [6.07, 6.45) is 0.869. The fraction of sp³-hybridized carbons (Fsp3) is 0.462. The second-order valence-corrected chi connectivity index (χ2v) is 4.49. The molecular formula is C13H18ClNO3. The Labute approximate surface area is 112 Å². The summed E-state index contributed by atoms with van der Waals surface area (Å²) in [5, 5.41) is 0.526. The molecule has 1 rings (SSSR count). The van der Waals surface area contributed by atoms with Gasteiger partial charge in [0.25, 0.3) is 0 Å². The van der Waals surface area contributed by atoms with Crippen LogP contribution in [0.15, 0.2) is 18.2 Å². The van der Waals surface area contributed by atoms with Crippen molar-refractivity contribution in [3.05, 3.63) is 28.8 Å². The van der Waals surface area contributed by atoms with Gasteiger partial charge in [-0.3, -0.25) is 4.79 Å². The van der Waals surface area contributed by atoms with Crippen molar-refractivity contribution in [2.24, 2.45) is 5.73 Å². The molecule has 0 bridgehead atoms. The van der Waals surface area contributed by atoms with Gasteiger partial charge < -0.3 is 15.2 Å². The Balaban J connectivity index is 2.70. The van der Waals surface area contributed by atoms with Gasteiger partial charge in [0.05, 0.1) is 25.2 Å². The Morgan fingerprint density at radius 3 is 2.83 bits per heavy atom. The van der Waals surface area contributed by atoms with E-state index in [4.69, 9.17) is 22.1 Å². The number of methoxy groups -OCH3 is 1. The largest absolute Gasteiger partial charge is 0.491 e. The molecule has 18 heavy (non-hydrogen) atoms. The normalized spacial score (nSPS) is 12.0. The number of carbonyl (C=O) groups excluding carboxylic acids is 1. The van der Waals surface area contributed by atoms with Crippen LogP contribution < -0.4 is 10.5 Å². The molecule has 0 aliphatic carbocycles. The minimum Gasteiger partial charge on any atom is -0.491 e. The Bertz CT molecular complexity index is 407. The summed E-state index contributed by atoms with van der Waals surface area (Å²) in [5.41, 5.74) is 6.72. The number of benzene rings is 1. The Morgan fingerprint density at radius 2 is 2.22 bits per heavy atom. The van der Waals surface area contributed by atoms with Gasteiger partial charge in [0.2, 0.25) is 0 Å². The van der Waals surface area contributed by atoms with E-state index in [-0.39, 0.29) is 25.0 Å². The van der Waals surface area contributed by atoms with E-state index in [0.29, 0.717) is 17.2 Å². The van der Waals surface area contributed by atoms with Crippen LogP contribution >= 0.6 is 11.6 Å². The molecule has 0 radical (unpaired) electrons. The monoisotopic (exact) mass is 271 g/mol. The van der Waals surface area contributed by atoms with Gasteiger partial charge in [-0.1, -0.05) is 23.7 Å². The molecule has 0 heterocycles. The third kappa shape index (κ3) is 4.55. The topological polar surface area (TPSA) is 61.5 Å². The Morgan fingerprint density at radius 1 is 1.50 bits per heavy atom. The van der Waals surface area contributed by atoms with Crippen LogP contribution in [0.5, 0.6) is 5.75 Å². The number of hydrogen-bond acceptors (Lipinski definition) is 4. The quantitative estimate of drug-likeness (QED) is 0.806. The molecule has 5 heteroatoms. The molecule has 0 spiro atoms. The maximum atomic E-state index is 11.0. The van der Waals surface area contributed by atoms with Crippen molar-refractivity contribution in [2.45, 2.75) is 25.8 Å². The third-order valence-electron chi connectivity index (χ3n) is 2.37. The summed E-state index contributed by atoms with van der Waals surface area (Å²) in [4.78, 5) is 11.0. The SMILES string of the molecule is COC(=O)CCOc1c(Cl)cccc1CC(C)N. The van der Waals surface area contributed by atoms with E-state index in [1.165, 1.54) is 7.11 Å². The molecule has 1 aromatic carbocycles. The predicted octanol–water partition coefficient (Wildman–Crippen LogP) is 2.17. The molecule has 0 saturated heterocycles. The predicted molar refractivity (Wildman–Crippen MR) is 70.9 cm³/mol. The zero-order valence-corrected chi connectivity index (χ0v) is 11.4. The van der Waals surface area contributed by atoms with E-state index in [1.54, 1.807) is 6.07 Å². The van der Waals surface area contributed by atoms with Gasteiger partial charge in [-0.25, -0.2) is 0 Å². The molecule has 0 aromatic heterocycles. The highest BCUT2D eigenvalue weighted by Gasteiger charge is 2.11. The number of halogens is 1. The van der Waals surface area contributed by atoms with Crippen molar-refractivity contribution in [1.82, 2.24) is 0 Å². The summed E-state index contributed by atoms with van der Waals surface area (Å²) in [5.74, 6) is 0.288. The standard InChI is InChI=1S/C13H18ClNO3/c1-9(15)8-10-4-3-5-11(14)13(10)18-7-6-12(16)17-2/h3-5,9H,6-8,15H2,1-2H3. The second-order valence-electron chi connectivity index (χ2n) is 4.08. The van der Waals surface area contributed by atoms with Crippen LogP contribution in [0.4, 0.5) is 0 Å². The van der Waals surface area contributed by atoms with Gasteiger partial charge in [0.15, 0.2) is 0 Å². The number of hydrogen-bond donors (Lipinski definition) is 1. The van der Waals surface area contributed by atoms with Crippen molar-refractivity contribution in [1.29, 1.82) is 0 Å². The molecule has 0 aliphatic rings. The van der Waals surface area contributed by atoms with Crippen LogP contribution in [0.25, 0.3) is 0 Å². The van der Waals surface area contributed by atoms with Gasteiger partial charge in [0, 0.05) is 6.04 Å². The first kappa shape index (κ1) is 14.8. The molecule has 100 valence electrons. The summed E-state index contributed by atoms with van der Waals surface area (Å²) < 4.78 is 10.1. The minimum absolute atomic E-state index is 0.0198. The van der Waals surface area contributed by atoms with Crippen LogP contribution in [0.2, 0.25) is 5.02 Å². The molecule has 1 aromatic rings. The molecule has 0 aliphatic heterocycles. The summed E-state index contributed by atoms with van der Waals surface area (Å²) in [6.45, 7) is 2.15. The molecule has 2 N–H and O–H groups in total. The average Bonchev–Trinajstić information content (AvgIpc) is 2.31. The number of carbonyl (C=O) groups is 1. The average molecular weight is 272 g/mol. The highest BCUT2D eigenvalue weighted by molar-refractivity contribution is 6.32. The fourth-order valence-corrected chi connectivity index (χ4v) is 1.81. The first-order valence-electron chi connectivity index (χ1n) is 5.77. The highest BCUT2D eigenvalue weighted by atomic mass is 35.5. The zero-order chi connectivity index (χ0) is 13.5. The van der Waals surface area contributed by atoms with E-state index < -0.39 is 0 Å². The summed E-state index contributed by atoms with van der Waals surface area (Å²) in [6, 6.07) is 5.54. The lowest BCUT2D eigenvalue weighted by atomic mass is 10.1. The highest BCUT2D eigenvalue weighted by Crippen LogP contribution is 2.29. The fourth-order valence-electron chi connectivity index (χ4n) is 1.56. The number of ether oxygens (including phenoxy) is 2. The van der Waals surface area contributed by atoms with Crippen LogP contribution in [0, 0.1) is 0 Å². The van der Waals surface area contributed by atoms with Gasteiger partial charge in [-0.05, 0) is 25.0 Å². The lowest BCUT2D eigenvalue weighted by Gasteiger charge is -2.14. The van der Waals surface area contributed by atoms with E-state index in [9.17, 15) is 4.79 Å². The first-order valence-corrected chi connectivity index (χ1v) is 6.15. The van der Waals surface area contributed by atoms with E-state index >= 15 is 0 Å². The maximum Gasteiger partial charge on any atom is 0.308 e. The smallest absolute Gasteiger partial charge is 0.308 e. The Hall–Kier alpha value is -1.26.